The summed E-state index contributed by atoms with van der Waals surface area (Å²) in [6.45, 7) is 1.93. The van der Waals surface area contributed by atoms with Crippen LogP contribution in [0.4, 0.5) is 8.78 Å². The highest BCUT2D eigenvalue weighted by molar-refractivity contribution is 7.92. The number of hydrogen-bond donors (Lipinski definition) is 0. The molecule has 4 rings (SSSR count). The van der Waals surface area contributed by atoms with Gasteiger partial charge in [-0.15, -0.1) is 0 Å². The Morgan fingerprint density at radius 1 is 1.16 bits per heavy atom. The smallest absolute Gasteiger partial charge is 0.280 e. The first-order valence-corrected chi connectivity index (χ1v) is 10.9. The molecule has 2 saturated heterocycles. The molecule has 0 amide bonds. The topological polar surface area (TPSA) is 50.3 Å². The quantitative estimate of drug-likeness (QED) is 0.820. The minimum Gasteiger partial charge on any atom is -0.300 e. The molecule has 2 aliphatic heterocycles. The third-order valence-electron chi connectivity index (χ3n) is 6.24. The van der Waals surface area contributed by atoms with E-state index in [0.717, 1.165) is 50.8 Å². The Hall–Kier alpha value is -1.08. The Bertz CT molecular complexity index is 716. The molecule has 4 nitrogen and oxygen atoms in total. The van der Waals surface area contributed by atoms with Gasteiger partial charge in [0.2, 0.25) is 0 Å². The zero-order valence-corrected chi connectivity index (χ0v) is 15.0. The van der Waals surface area contributed by atoms with Crippen LogP contribution in [0, 0.1) is 5.41 Å². The molecule has 0 atom stereocenters. The molecule has 1 aliphatic carbocycles. The summed E-state index contributed by atoms with van der Waals surface area (Å²) in [4.78, 5) is 6.37. The van der Waals surface area contributed by atoms with Crippen LogP contribution in [0.2, 0.25) is 0 Å². The van der Waals surface area contributed by atoms with E-state index in [-0.39, 0.29) is 11.1 Å². The van der Waals surface area contributed by atoms with Gasteiger partial charge in [-0.25, -0.2) is 17.2 Å². The van der Waals surface area contributed by atoms with Gasteiger partial charge in [-0.3, -0.25) is 9.88 Å². The van der Waals surface area contributed by atoms with Gasteiger partial charge in [0.05, 0.1) is 11.5 Å². The molecule has 138 valence electrons. The fourth-order valence-electron chi connectivity index (χ4n) is 4.97. The van der Waals surface area contributed by atoms with Gasteiger partial charge >= 0.3 is 0 Å². The molecule has 1 saturated carbocycles. The number of rotatable bonds is 3. The van der Waals surface area contributed by atoms with Crippen LogP contribution in [-0.4, -0.2) is 48.9 Å². The van der Waals surface area contributed by atoms with Gasteiger partial charge in [0, 0.05) is 24.2 Å². The van der Waals surface area contributed by atoms with E-state index < -0.39 is 16.3 Å². The largest absolute Gasteiger partial charge is 0.300 e. The number of halogens is 2. The predicted molar refractivity (Wildman–Crippen MR) is 91.5 cm³/mol. The van der Waals surface area contributed by atoms with Crippen LogP contribution in [0.1, 0.15) is 55.7 Å². The maximum Gasteiger partial charge on any atom is 0.280 e. The highest BCUT2D eigenvalue weighted by Gasteiger charge is 2.52. The first-order valence-electron chi connectivity index (χ1n) is 9.04. The second kappa shape index (κ2) is 6.27. The molecule has 3 aliphatic rings. The number of nitrogens with zero attached hydrogens (tertiary/aromatic N) is 2. The summed E-state index contributed by atoms with van der Waals surface area (Å²) in [5, 5.41) is 0. The van der Waals surface area contributed by atoms with Gasteiger partial charge in [-0.1, -0.05) is 6.07 Å². The average molecular weight is 370 g/mol. The van der Waals surface area contributed by atoms with Crippen molar-refractivity contribution in [3.05, 3.63) is 29.6 Å². The molecular formula is C18H24F2N2O2S. The Morgan fingerprint density at radius 2 is 1.88 bits per heavy atom. The lowest BCUT2D eigenvalue weighted by Gasteiger charge is -2.40. The second-order valence-corrected chi connectivity index (χ2v) is 10.1. The summed E-state index contributed by atoms with van der Waals surface area (Å²) in [6, 6.07) is 3.77. The van der Waals surface area contributed by atoms with Crippen molar-refractivity contribution < 1.29 is 17.2 Å². The fraction of sp³-hybridized carbons (Fsp3) is 0.722. The molecule has 0 N–H and O–H groups in total. The maximum absolute atomic E-state index is 12.6. The zero-order valence-electron chi connectivity index (χ0n) is 14.2. The molecule has 1 aromatic rings. The normalized spacial score (nSPS) is 31.3. The molecule has 7 heteroatoms. The third-order valence-corrected chi connectivity index (χ3v) is 8.34. The lowest BCUT2D eigenvalue weighted by Crippen LogP contribution is -2.51. The summed E-state index contributed by atoms with van der Waals surface area (Å²) in [5.74, 6) is 1.14. The number of aromatic nitrogens is 1. The summed E-state index contributed by atoms with van der Waals surface area (Å²) in [5.41, 5.74) is 0.936. The second-order valence-electron chi connectivity index (χ2n) is 8.08. The fourth-order valence-corrected chi connectivity index (χ4v) is 7.22. The van der Waals surface area contributed by atoms with Gasteiger partial charge in [-0.2, -0.15) is 0 Å². The van der Waals surface area contributed by atoms with Crippen molar-refractivity contribution >= 4 is 9.84 Å². The standard InChI is InChI=1S/C18H24F2N2O2S/c19-17(20)16-6-3-14(9-21-16)13-1-4-15(5-2-13)22-8-7-18(10-22)11-25(23,24)12-18/h3,6,9,13,15,17H,1-2,4-5,7-8,10-12H2/t13-,15-. The number of hydrogen-bond acceptors (Lipinski definition) is 4. The molecule has 0 bridgehead atoms. The maximum atomic E-state index is 12.6. The number of likely N-dealkylation sites (tertiary alicyclic amines) is 1. The summed E-state index contributed by atoms with van der Waals surface area (Å²) in [7, 11) is -2.77. The molecule has 3 heterocycles. The average Bonchev–Trinajstić information content (AvgIpc) is 2.98. The summed E-state index contributed by atoms with van der Waals surface area (Å²) < 4.78 is 48.3. The van der Waals surface area contributed by atoms with Gasteiger partial charge in [0.25, 0.3) is 6.43 Å². The van der Waals surface area contributed by atoms with E-state index in [1.807, 2.05) is 0 Å². The lowest BCUT2D eigenvalue weighted by atomic mass is 9.81. The molecule has 1 spiro atoms. The first kappa shape index (κ1) is 17.3. The van der Waals surface area contributed by atoms with Gasteiger partial charge in [0.15, 0.2) is 9.84 Å². The van der Waals surface area contributed by atoms with Crippen molar-refractivity contribution in [1.29, 1.82) is 0 Å². The molecule has 0 aromatic carbocycles. The first-order chi connectivity index (χ1) is 11.9. The van der Waals surface area contributed by atoms with Crippen molar-refractivity contribution in [1.82, 2.24) is 9.88 Å². The molecule has 0 radical (unpaired) electrons. The Morgan fingerprint density at radius 3 is 2.44 bits per heavy atom. The third kappa shape index (κ3) is 3.45. The van der Waals surface area contributed by atoms with Gasteiger partial charge in [-0.05, 0) is 56.2 Å². The Labute approximate surface area is 147 Å². The van der Waals surface area contributed by atoms with Gasteiger partial charge in [0.1, 0.15) is 5.69 Å². The summed E-state index contributed by atoms with van der Waals surface area (Å²) >= 11 is 0. The SMILES string of the molecule is O=S1(=O)CC2(CCN([C@H]3CC[C@H](c4ccc(C(F)F)nc4)CC3)C2)C1. The Balaban J connectivity index is 1.31. The van der Waals surface area contributed by atoms with Crippen LogP contribution in [0.3, 0.4) is 0 Å². The van der Waals surface area contributed by atoms with Crippen molar-refractivity contribution in [2.75, 3.05) is 24.6 Å². The van der Waals surface area contributed by atoms with Crippen molar-refractivity contribution in [3.8, 4) is 0 Å². The van der Waals surface area contributed by atoms with E-state index in [4.69, 9.17) is 0 Å². The van der Waals surface area contributed by atoms with Gasteiger partial charge < -0.3 is 0 Å². The van der Waals surface area contributed by atoms with E-state index in [1.54, 1.807) is 12.3 Å². The van der Waals surface area contributed by atoms with E-state index in [1.165, 1.54) is 6.07 Å². The van der Waals surface area contributed by atoms with Crippen LogP contribution in [0.25, 0.3) is 0 Å². The van der Waals surface area contributed by atoms with Crippen LogP contribution in [-0.2, 0) is 9.84 Å². The zero-order chi connectivity index (χ0) is 17.7. The lowest BCUT2D eigenvalue weighted by molar-refractivity contribution is 0.146. The predicted octanol–water partition coefficient (Wildman–Crippen LogP) is 3.17. The highest BCUT2D eigenvalue weighted by Crippen LogP contribution is 2.44. The van der Waals surface area contributed by atoms with Crippen LogP contribution in [0.15, 0.2) is 18.3 Å². The number of sulfone groups is 1. The molecule has 25 heavy (non-hydrogen) atoms. The van der Waals surface area contributed by atoms with E-state index in [2.05, 4.69) is 9.88 Å². The van der Waals surface area contributed by atoms with E-state index in [9.17, 15) is 17.2 Å². The van der Waals surface area contributed by atoms with Crippen LogP contribution >= 0.6 is 0 Å². The Kier molecular flexibility index (Phi) is 4.35. The summed E-state index contributed by atoms with van der Waals surface area (Å²) in [6.07, 6.45) is 4.36. The molecular weight excluding hydrogens is 346 g/mol. The molecule has 3 fully saturated rings. The minimum atomic E-state index is -2.77. The number of pyridine rings is 1. The minimum absolute atomic E-state index is 0.0324. The van der Waals surface area contributed by atoms with Crippen molar-refractivity contribution in [3.63, 3.8) is 0 Å². The van der Waals surface area contributed by atoms with E-state index in [0.29, 0.717) is 23.5 Å². The number of alkyl halides is 2. The van der Waals surface area contributed by atoms with Crippen molar-refractivity contribution in [2.45, 2.75) is 50.5 Å². The highest BCUT2D eigenvalue weighted by atomic mass is 32.2. The van der Waals surface area contributed by atoms with Crippen molar-refractivity contribution in [2.24, 2.45) is 5.41 Å². The molecule has 1 aromatic heterocycles. The van der Waals surface area contributed by atoms with Crippen LogP contribution in [0.5, 0.6) is 0 Å². The molecule has 0 unspecified atom stereocenters. The van der Waals surface area contributed by atoms with E-state index >= 15 is 0 Å². The van der Waals surface area contributed by atoms with Crippen LogP contribution < -0.4 is 0 Å². The monoisotopic (exact) mass is 370 g/mol.